The molecule has 14 heavy (non-hydrogen) atoms. The number of hydrogen-bond acceptors (Lipinski definition) is 2. The summed E-state index contributed by atoms with van der Waals surface area (Å²) in [6, 6.07) is 1.47. The zero-order chi connectivity index (χ0) is 10.4. The van der Waals surface area contributed by atoms with E-state index >= 15 is 0 Å². The van der Waals surface area contributed by atoms with Crippen molar-refractivity contribution < 1.29 is 0 Å². The molecule has 0 atom stereocenters. The van der Waals surface area contributed by atoms with Crippen molar-refractivity contribution in [2.24, 2.45) is 0 Å². The molecule has 0 aliphatic carbocycles. The van der Waals surface area contributed by atoms with Crippen molar-refractivity contribution in [3.8, 4) is 0 Å². The first-order chi connectivity index (χ1) is 6.67. The molecule has 1 fully saturated rings. The third-order valence-electron chi connectivity index (χ3n) is 3.28. The van der Waals surface area contributed by atoms with Gasteiger partial charge in [0.25, 0.3) is 0 Å². The highest BCUT2D eigenvalue weighted by molar-refractivity contribution is 6.78. The summed E-state index contributed by atoms with van der Waals surface area (Å²) >= 11 is 0. The van der Waals surface area contributed by atoms with Crippen LogP contribution in [0.15, 0.2) is 0 Å². The van der Waals surface area contributed by atoms with Crippen LogP contribution in [-0.4, -0.2) is 27.0 Å². The van der Waals surface area contributed by atoms with Gasteiger partial charge < -0.3 is 10.6 Å². The first-order valence-corrected chi connectivity index (χ1v) is 9.42. The summed E-state index contributed by atoms with van der Waals surface area (Å²) in [6.45, 7) is 9.62. The van der Waals surface area contributed by atoms with E-state index in [1.54, 1.807) is 0 Å². The van der Waals surface area contributed by atoms with Crippen molar-refractivity contribution >= 4 is 8.07 Å². The summed E-state index contributed by atoms with van der Waals surface area (Å²) in [5.41, 5.74) is 0. The zero-order valence-corrected chi connectivity index (χ0v) is 11.0. The molecule has 1 aliphatic heterocycles. The molecule has 0 aromatic heterocycles. The second-order valence-corrected chi connectivity index (χ2v) is 10.2. The van der Waals surface area contributed by atoms with Gasteiger partial charge in [0.2, 0.25) is 0 Å². The minimum absolute atomic E-state index is 0.670. The molecule has 0 radical (unpaired) electrons. The smallest absolute Gasteiger partial charge is 0.0845 e. The monoisotopic (exact) mass is 214 g/mol. The van der Waals surface area contributed by atoms with Gasteiger partial charge in [0.15, 0.2) is 0 Å². The largest absolute Gasteiger partial charge is 0.303 e. The maximum Gasteiger partial charge on any atom is 0.0845 e. The van der Waals surface area contributed by atoms with E-state index in [4.69, 9.17) is 0 Å². The fraction of sp³-hybridized carbons (Fsp3) is 1.00. The van der Waals surface area contributed by atoms with Gasteiger partial charge in [-0.15, -0.1) is 0 Å². The van der Waals surface area contributed by atoms with E-state index in [1.807, 2.05) is 0 Å². The third-order valence-corrected chi connectivity index (χ3v) is 6.89. The third kappa shape index (κ3) is 3.71. The lowest BCUT2D eigenvalue weighted by Gasteiger charge is -2.29. The summed E-state index contributed by atoms with van der Waals surface area (Å²) in [4.78, 5) is 0. The van der Waals surface area contributed by atoms with Crippen LogP contribution in [0.1, 0.15) is 32.6 Å². The Labute approximate surface area is 89.9 Å². The maximum atomic E-state index is 3.59. The van der Waals surface area contributed by atoms with E-state index in [0.717, 1.165) is 13.1 Å². The predicted octanol–water partition coefficient (Wildman–Crippen LogP) is 2.33. The Morgan fingerprint density at radius 1 is 1.07 bits per heavy atom. The van der Waals surface area contributed by atoms with Gasteiger partial charge >= 0.3 is 0 Å². The van der Waals surface area contributed by atoms with Gasteiger partial charge in [-0.2, -0.15) is 0 Å². The summed E-state index contributed by atoms with van der Waals surface area (Å²) in [5, 5.41) is 7.18. The molecule has 0 saturated carbocycles. The molecule has 0 bridgehead atoms. The molecule has 84 valence electrons. The van der Waals surface area contributed by atoms with Gasteiger partial charge in [0.1, 0.15) is 0 Å². The van der Waals surface area contributed by atoms with Gasteiger partial charge in [-0.3, -0.25) is 0 Å². The SMILES string of the molecule is CCCCCC[Si](C)(C)C1NCCN1. The van der Waals surface area contributed by atoms with Crippen LogP contribution in [0.25, 0.3) is 0 Å². The summed E-state index contributed by atoms with van der Waals surface area (Å²) in [5.74, 6) is 0.670. The summed E-state index contributed by atoms with van der Waals surface area (Å²) in [6.07, 6.45) is 5.63. The lowest BCUT2D eigenvalue weighted by molar-refractivity contribution is 0.664. The van der Waals surface area contributed by atoms with E-state index in [2.05, 4.69) is 30.7 Å². The molecule has 1 heterocycles. The van der Waals surface area contributed by atoms with Crippen molar-refractivity contribution in [2.75, 3.05) is 13.1 Å². The second-order valence-electron chi connectivity index (χ2n) is 5.14. The van der Waals surface area contributed by atoms with Crippen LogP contribution in [0.2, 0.25) is 19.1 Å². The normalized spacial score (nSPS) is 19.1. The molecule has 2 N–H and O–H groups in total. The Kier molecular flexibility index (Phi) is 5.13. The molecule has 0 amide bonds. The number of nitrogens with one attached hydrogen (secondary N) is 2. The molecule has 0 aromatic carbocycles. The van der Waals surface area contributed by atoms with Crippen LogP contribution in [0.4, 0.5) is 0 Å². The first-order valence-electron chi connectivity index (χ1n) is 6.13. The van der Waals surface area contributed by atoms with Crippen molar-refractivity contribution in [1.82, 2.24) is 10.6 Å². The van der Waals surface area contributed by atoms with E-state index in [1.165, 1.54) is 31.7 Å². The minimum Gasteiger partial charge on any atom is -0.303 e. The summed E-state index contributed by atoms with van der Waals surface area (Å²) in [7, 11) is -1.04. The van der Waals surface area contributed by atoms with Crippen LogP contribution >= 0.6 is 0 Å². The first kappa shape index (κ1) is 12.2. The zero-order valence-electron chi connectivity index (χ0n) is 10.0. The van der Waals surface area contributed by atoms with Crippen molar-refractivity contribution in [3.05, 3.63) is 0 Å². The molecular weight excluding hydrogens is 188 g/mol. The molecule has 1 saturated heterocycles. The van der Waals surface area contributed by atoms with Gasteiger partial charge in [-0.05, 0) is 0 Å². The Bertz CT molecular complexity index is 153. The lowest BCUT2D eigenvalue weighted by atomic mass is 10.2. The Hall–Kier alpha value is 0.137. The van der Waals surface area contributed by atoms with Gasteiger partial charge in [-0.1, -0.05) is 51.7 Å². The topological polar surface area (TPSA) is 24.1 Å². The van der Waals surface area contributed by atoms with Crippen LogP contribution in [0.5, 0.6) is 0 Å². The highest BCUT2D eigenvalue weighted by atomic mass is 28.3. The lowest BCUT2D eigenvalue weighted by Crippen LogP contribution is -2.53. The van der Waals surface area contributed by atoms with Crippen molar-refractivity contribution in [1.29, 1.82) is 0 Å². The van der Waals surface area contributed by atoms with Crippen LogP contribution in [-0.2, 0) is 0 Å². The molecule has 0 aromatic rings. The summed E-state index contributed by atoms with van der Waals surface area (Å²) < 4.78 is 0. The average molecular weight is 214 g/mol. The predicted molar refractivity (Wildman–Crippen MR) is 66.2 cm³/mol. The molecule has 1 aliphatic rings. The molecule has 0 spiro atoms. The Morgan fingerprint density at radius 3 is 2.29 bits per heavy atom. The quantitative estimate of drug-likeness (QED) is 0.524. The number of hydrogen-bond donors (Lipinski definition) is 2. The van der Waals surface area contributed by atoms with E-state index in [-0.39, 0.29) is 0 Å². The Balaban J connectivity index is 2.19. The molecule has 2 nitrogen and oxygen atoms in total. The van der Waals surface area contributed by atoms with Crippen LogP contribution < -0.4 is 10.6 Å². The van der Waals surface area contributed by atoms with E-state index in [0.29, 0.717) is 5.79 Å². The Morgan fingerprint density at radius 2 is 1.71 bits per heavy atom. The molecule has 0 unspecified atom stereocenters. The van der Waals surface area contributed by atoms with E-state index < -0.39 is 8.07 Å². The highest BCUT2D eigenvalue weighted by Gasteiger charge is 2.32. The minimum atomic E-state index is -1.04. The average Bonchev–Trinajstić information content (AvgIpc) is 2.65. The standard InChI is InChI=1S/C11H26N2Si/c1-4-5-6-7-10-14(2,3)11-12-8-9-13-11/h11-13H,4-10H2,1-3H3. The second kappa shape index (κ2) is 5.88. The van der Waals surface area contributed by atoms with Crippen molar-refractivity contribution in [2.45, 2.75) is 57.5 Å². The van der Waals surface area contributed by atoms with Gasteiger partial charge in [0, 0.05) is 18.9 Å². The van der Waals surface area contributed by atoms with Gasteiger partial charge in [0.05, 0.1) is 8.07 Å². The number of rotatable bonds is 6. The fourth-order valence-corrected chi connectivity index (χ4v) is 5.05. The van der Waals surface area contributed by atoms with Crippen molar-refractivity contribution in [3.63, 3.8) is 0 Å². The number of unbranched alkanes of at least 4 members (excludes halogenated alkanes) is 3. The molecule has 1 rings (SSSR count). The molecule has 3 heteroatoms. The van der Waals surface area contributed by atoms with Crippen LogP contribution in [0.3, 0.4) is 0 Å². The van der Waals surface area contributed by atoms with E-state index in [9.17, 15) is 0 Å². The molecular formula is C11H26N2Si. The van der Waals surface area contributed by atoms with Gasteiger partial charge in [-0.25, -0.2) is 0 Å². The maximum absolute atomic E-state index is 3.59. The van der Waals surface area contributed by atoms with Crippen LogP contribution in [0, 0.1) is 0 Å². The fourth-order valence-electron chi connectivity index (χ4n) is 2.21. The highest BCUT2D eigenvalue weighted by Crippen LogP contribution is 2.18.